The van der Waals surface area contributed by atoms with E-state index in [9.17, 15) is 14.7 Å². The van der Waals surface area contributed by atoms with Gasteiger partial charge in [0, 0.05) is 17.9 Å². The van der Waals surface area contributed by atoms with Crippen LogP contribution in [0.25, 0.3) is 0 Å². The van der Waals surface area contributed by atoms with Crippen molar-refractivity contribution in [2.75, 3.05) is 18.1 Å². The summed E-state index contributed by atoms with van der Waals surface area (Å²) in [5, 5.41) is 21.3. The number of urea groups is 1. The van der Waals surface area contributed by atoms with Crippen LogP contribution < -0.4 is 5.32 Å². The van der Waals surface area contributed by atoms with Crippen molar-refractivity contribution in [3.8, 4) is 0 Å². The second kappa shape index (κ2) is 6.15. The van der Waals surface area contributed by atoms with Gasteiger partial charge in [0.1, 0.15) is 6.04 Å². The smallest absolute Gasteiger partial charge is 0.326 e. The number of rotatable bonds is 3. The molecule has 7 heteroatoms. The monoisotopic (exact) mass is 296 g/mol. The first-order chi connectivity index (χ1) is 9.52. The molecule has 0 unspecified atom stereocenters. The van der Waals surface area contributed by atoms with Crippen molar-refractivity contribution >= 4 is 29.4 Å². The van der Waals surface area contributed by atoms with Crippen LogP contribution >= 0.6 is 11.8 Å². The molecule has 1 aliphatic heterocycles. The average Bonchev–Trinajstić information content (AvgIpc) is 2.82. The number of carbonyl (C=O) groups is 2. The number of aliphatic hydroxyl groups is 1. The predicted octanol–water partition coefficient (Wildman–Crippen LogP) is 1.46. The summed E-state index contributed by atoms with van der Waals surface area (Å²) in [5.41, 5.74) is 0.635. The summed E-state index contributed by atoms with van der Waals surface area (Å²) in [7, 11) is 0. The lowest BCUT2D eigenvalue weighted by molar-refractivity contribution is -0.141. The van der Waals surface area contributed by atoms with Crippen molar-refractivity contribution in [2.45, 2.75) is 23.5 Å². The number of benzene rings is 1. The summed E-state index contributed by atoms with van der Waals surface area (Å²) in [6.45, 7) is 0.0320. The number of carbonyl (C=O) groups excluding carboxylic acids is 1. The lowest BCUT2D eigenvalue weighted by atomic mass is 10.2. The van der Waals surface area contributed by atoms with Gasteiger partial charge in [-0.1, -0.05) is 12.1 Å². The van der Waals surface area contributed by atoms with Crippen LogP contribution in [0.15, 0.2) is 29.2 Å². The van der Waals surface area contributed by atoms with E-state index >= 15 is 0 Å². The number of anilines is 1. The Morgan fingerprint density at radius 2 is 2.10 bits per heavy atom. The molecule has 1 aromatic carbocycles. The third-order valence-electron chi connectivity index (χ3n) is 3.17. The molecule has 3 N–H and O–H groups in total. The minimum absolute atomic E-state index is 0.0320. The number of hydrogen-bond donors (Lipinski definition) is 3. The van der Waals surface area contributed by atoms with Crippen LogP contribution in [-0.4, -0.2) is 52.1 Å². The van der Waals surface area contributed by atoms with E-state index in [1.807, 2.05) is 18.4 Å². The Balaban J connectivity index is 2.13. The molecule has 0 spiro atoms. The molecule has 0 bridgehead atoms. The Morgan fingerprint density at radius 3 is 2.75 bits per heavy atom. The number of thioether (sulfide) groups is 1. The molecule has 2 atom stereocenters. The lowest BCUT2D eigenvalue weighted by Crippen LogP contribution is -2.43. The molecule has 1 aromatic rings. The Morgan fingerprint density at radius 1 is 1.40 bits per heavy atom. The van der Waals surface area contributed by atoms with E-state index in [-0.39, 0.29) is 13.0 Å². The number of carboxylic acid groups (broad SMARTS) is 1. The van der Waals surface area contributed by atoms with E-state index in [1.54, 1.807) is 12.1 Å². The number of nitrogens with zero attached hydrogens (tertiary/aromatic N) is 1. The summed E-state index contributed by atoms with van der Waals surface area (Å²) in [4.78, 5) is 25.3. The van der Waals surface area contributed by atoms with E-state index in [0.717, 1.165) is 9.80 Å². The molecule has 1 saturated heterocycles. The van der Waals surface area contributed by atoms with Gasteiger partial charge in [-0.25, -0.2) is 9.59 Å². The van der Waals surface area contributed by atoms with Gasteiger partial charge in [-0.2, -0.15) is 0 Å². The van der Waals surface area contributed by atoms with Crippen LogP contribution in [-0.2, 0) is 4.79 Å². The lowest BCUT2D eigenvalue weighted by Gasteiger charge is -2.22. The molecule has 2 rings (SSSR count). The molecule has 2 amide bonds. The third-order valence-corrected chi connectivity index (χ3v) is 3.97. The maximum atomic E-state index is 12.2. The highest BCUT2D eigenvalue weighted by molar-refractivity contribution is 7.98. The van der Waals surface area contributed by atoms with Crippen molar-refractivity contribution in [3.05, 3.63) is 24.3 Å². The highest BCUT2D eigenvalue weighted by Crippen LogP contribution is 2.26. The minimum atomic E-state index is -1.10. The summed E-state index contributed by atoms with van der Waals surface area (Å²) >= 11 is 1.49. The fraction of sp³-hybridized carbons (Fsp3) is 0.385. The summed E-state index contributed by atoms with van der Waals surface area (Å²) in [6.07, 6.45) is 1.16. The number of amides is 2. The molecule has 20 heavy (non-hydrogen) atoms. The first kappa shape index (κ1) is 14.7. The van der Waals surface area contributed by atoms with Crippen LogP contribution in [0.3, 0.4) is 0 Å². The van der Waals surface area contributed by atoms with Crippen LogP contribution in [0.1, 0.15) is 6.42 Å². The average molecular weight is 296 g/mol. The fourth-order valence-corrected chi connectivity index (χ4v) is 2.76. The summed E-state index contributed by atoms with van der Waals surface area (Å²) in [5.74, 6) is -1.10. The maximum absolute atomic E-state index is 12.2. The topological polar surface area (TPSA) is 89.9 Å². The molecule has 0 aliphatic carbocycles. The van der Waals surface area contributed by atoms with E-state index in [0.29, 0.717) is 5.69 Å². The van der Waals surface area contributed by atoms with Crippen molar-refractivity contribution in [1.29, 1.82) is 0 Å². The zero-order valence-electron chi connectivity index (χ0n) is 10.9. The molecule has 1 aliphatic rings. The number of nitrogens with one attached hydrogen (secondary N) is 1. The molecule has 108 valence electrons. The number of para-hydroxylation sites is 1. The quantitative estimate of drug-likeness (QED) is 0.735. The predicted molar refractivity (Wildman–Crippen MR) is 76.0 cm³/mol. The van der Waals surface area contributed by atoms with Gasteiger partial charge in [-0.3, -0.25) is 0 Å². The molecule has 0 radical (unpaired) electrons. The standard InChI is InChI=1S/C13H16N2O4S/c1-20-11-5-3-2-4-9(11)14-13(19)15-7-8(16)6-10(15)12(17)18/h2-5,8,10,16H,6-7H2,1H3,(H,14,19)(H,17,18)/t8-,10-/m0/s1. The van der Waals surface area contributed by atoms with Gasteiger partial charge < -0.3 is 20.4 Å². The molecular weight excluding hydrogens is 280 g/mol. The fourth-order valence-electron chi connectivity index (χ4n) is 2.21. The second-order valence-corrected chi connectivity index (χ2v) is 5.37. The van der Waals surface area contributed by atoms with Crippen molar-refractivity contribution in [1.82, 2.24) is 4.90 Å². The number of β-amino-alcohol motifs (C(OH)–C–C–N with tert-alkyl or cyclic N) is 1. The number of likely N-dealkylation sites (tertiary alicyclic amines) is 1. The van der Waals surface area contributed by atoms with E-state index in [2.05, 4.69) is 5.32 Å². The minimum Gasteiger partial charge on any atom is -0.480 e. The van der Waals surface area contributed by atoms with Crippen LogP contribution in [0.5, 0.6) is 0 Å². The van der Waals surface area contributed by atoms with E-state index < -0.39 is 24.1 Å². The Hall–Kier alpha value is -1.73. The highest BCUT2D eigenvalue weighted by Gasteiger charge is 2.39. The largest absolute Gasteiger partial charge is 0.480 e. The van der Waals surface area contributed by atoms with Crippen LogP contribution in [0.4, 0.5) is 10.5 Å². The Kier molecular flexibility index (Phi) is 4.51. The SMILES string of the molecule is CSc1ccccc1NC(=O)N1C[C@@H](O)C[C@H]1C(=O)O. The zero-order chi connectivity index (χ0) is 14.7. The normalized spacial score (nSPS) is 21.8. The molecule has 0 aromatic heterocycles. The first-order valence-electron chi connectivity index (χ1n) is 6.14. The highest BCUT2D eigenvalue weighted by atomic mass is 32.2. The van der Waals surface area contributed by atoms with E-state index in [1.165, 1.54) is 11.8 Å². The number of aliphatic hydroxyl groups excluding tert-OH is 1. The van der Waals surface area contributed by atoms with Gasteiger partial charge in [-0.15, -0.1) is 11.8 Å². The summed E-state index contributed by atoms with van der Waals surface area (Å²) in [6, 6.07) is 5.80. The van der Waals surface area contributed by atoms with Gasteiger partial charge in [0.2, 0.25) is 0 Å². The number of hydrogen-bond acceptors (Lipinski definition) is 4. The Labute approximate surface area is 120 Å². The van der Waals surface area contributed by atoms with Crippen LogP contribution in [0, 0.1) is 0 Å². The molecule has 1 heterocycles. The molecule has 0 saturated carbocycles. The number of carboxylic acids is 1. The van der Waals surface area contributed by atoms with Crippen molar-refractivity contribution in [3.63, 3.8) is 0 Å². The third kappa shape index (κ3) is 3.05. The zero-order valence-corrected chi connectivity index (χ0v) is 11.8. The molecular formula is C13H16N2O4S. The first-order valence-corrected chi connectivity index (χ1v) is 7.37. The number of aliphatic carboxylic acids is 1. The van der Waals surface area contributed by atoms with E-state index in [4.69, 9.17) is 5.11 Å². The van der Waals surface area contributed by atoms with Gasteiger partial charge in [0.25, 0.3) is 0 Å². The molecule has 6 nitrogen and oxygen atoms in total. The van der Waals surface area contributed by atoms with Crippen LogP contribution in [0.2, 0.25) is 0 Å². The Bertz CT molecular complexity index is 523. The van der Waals surface area contributed by atoms with Gasteiger partial charge in [0.15, 0.2) is 0 Å². The summed E-state index contributed by atoms with van der Waals surface area (Å²) < 4.78 is 0. The van der Waals surface area contributed by atoms with Crippen molar-refractivity contribution in [2.24, 2.45) is 0 Å². The van der Waals surface area contributed by atoms with Crippen molar-refractivity contribution < 1.29 is 19.8 Å². The maximum Gasteiger partial charge on any atom is 0.326 e. The molecule has 1 fully saturated rings. The second-order valence-electron chi connectivity index (χ2n) is 4.53. The van der Waals surface area contributed by atoms with Gasteiger partial charge in [-0.05, 0) is 18.4 Å². The van der Waals surface area contributed by atoms with Gasteiger partial charge in [0.05, 0.1) is 11.8 Å². The van der Waals surface area contributed by atoms with Gasteiger partial charge >= 0.3 is 12.0 Å².